The molecule has 10 heteroatoms. The Bertz CT molecular complexity index is 1080. The van der Waals surface area contributed by atoms with E-state index in [9.17, 15) is 19.0 Å². The van der Waals surface area contributed by atoms with Crippen molar-refractivity contribution in [3.8, 4) is 0 Å². The zero-order chi connectivity index (χ0) is 38.6. The molecular formula is C42H75NO8P+. The molecule has 0 aromatic carbocycles. The fourth-order valence-corrected chi connectivity index (χ4v) is 5.66. The molecule has 9 nitrogen and oxygen atoms in total. The fraction of sp³-hybridized carbons (Fsp3) is 0.714. The minimum absolute atomic E-state index is 0.0268. The molecule has 2 unspecified atom stereocenters. The van der Waals surface area contributed by atoms with Crippen molar-refractivity contribution in [3.63, 3.8) is 0 Å². The Hall–Kier alpha value is -2.29. The monoisotopic (exact) mass is 753 g/mol. The van der Waals surface area contributed by atoms with Gasteiger partial charge in [0.1, 0.15) is 19.8 Å². The number of phosphoric acid groups is 1. The van der Waals surface area contributed by atoms with Gasteiger partial charge in [-0.3, -0.25) is 18.6 Å². The predicted molar refractivity (Wildman–Crippen MR) is 215 cm³/mol. The number of ether oxygens (including phenoxy) is 2. The third-order valence-electron chi connectivity index (χ3n) is 8.06. The highest BCUT2D eigenvalue weighted by Gasteiger charge is 2.27. The first kappa shape index (κ1) is 49.7. The number of allylic oxidation sites excluding steroid dienone is 10. The molecule has 2 atom stereocenters. The SMILES string of the molecule is CC/C=C\C/C=C\C/C=C\C/C=C\C/C=C\CCCCCCCCCC(=O)OC(COC(=O)CCCCCCC)COP(=O)(O)OCC[N+](C)(C)C. The number of rotatable bonds is 35. The van der Waals surface area contributed by atoms with Gasteiger partial charge in [-0.2, -0.15) is 0 Å². The third kappa shape index (κ3) is 37.5. The Morgan fingerprint density at radius 1 is 0.615 bits per heavy atom. The highest BCUT2D eigenvalue weighted by atomic mass is 31.2. The first-order chi connectivity index (χ1) is 25.0. The van der Waals surface area contributed by atoms with Crippen LogP contribution in [-0.2, 0) is 32.7 Å². The van der Waals surface area contributed by atoms with Gasteiger partial charge >= 0.3 is 19.8 Å². The van der Waals surface area contributed by atoms with Crippen LogP contribution in [0.4, 0.5) is 0 Å². The van der Waals surface area contributed by atoms with Gasteiger partial charge < -0.3 is 18.9 Å². The number of carbonyl (C=O) groups is 2. The molecule has 0 saturated carbocycles. The molecule has 52 heavy (non-hydrogen) atoms. The number of likely N-dealkylation sites (N-methyl/N-ethyl adjacent to an activating group) is 1. The standard InChI is InChI=1S/C42H74NO8P/c1-6-8-10-12-13-14-15-16-17-18-19-20-21-22-23-24-25-26-27-28-29-31-33-35-42(45)51-40(38-48-41(44)34-32-30-11-9-7-2)39-50-52(46,47)49-37-36-43(3,4)5/h8,10,13-14,16-17,19-20,22-23,40H,6-7,9,11-12,15,18,21,24-39H2,1-5H3/p+1/b10-8-,14-13-,17-16-,20-19-,23-22-. The highest BCUT2D eigenvalue weighted by molar-refractivity contribution is 7.47. The third-order valence-corrected chi connectivity index (χ3v) is 9.05. The maximum Gasteiger partial charge on any atom is 0.472 e. The minimum atomic E-state index is -4.37. The van der Waals surface area contributed by atoms with E-state index in [-0.39, 0.29) is 32.0 Å². The Balaban J connectivity index is 4.23. The van der Waals surface area contributed by atoms with Crippen molar-refractivity contribution in [3.05, 3.63) is 60.8 Å². The Labute approximate surface area is 317 Å². The lowest BCUT2D eigenvalue weighted by molar-refractivity contribution is -0.870. The van der Waals surface area contributed by atoms with Gasteiger partial charge in [-0.15, -0.1) is 0 Å². The van der Waals surface area contributed by atoms with Crippen LogP contribution >= 0.6 is 7.82 Å². The van der Waals surface area contributed by atoms with Gasteiger partial charge in [-0.1, -0.05) is 132 Å². The number of hydrogen-bond acceptors (Lipinski definition) is 7. The Morgan fingerprint density at radius 2 is 1.10 bits per heavy atom. The van der Waals surface area contributed by atoms with Gasteiger partial charge in [-0.25, -0.2) is 4.57 Å². The molecule has 300 valence electrons. The van der Waals surface area contributed by atoms with Crippen LogP contribution in [-0.4, -0.2) is 74.9 Å². The summed E-state index contributed by atoms with van der Waals surface area (Å²) < 4.78 is 34.0. The van der Waals surface area contributed by atoms with Crippen LogP contribution in [0.25, 0.3) is 0 Å². The summed E-state index contributed by atoms with van der Waals surface area (Å²) in [4.78, 5) is 34.9. The molecule has 0 bridgehead atoms. The van der Waals surface area contributed by atoms with E-state index in [0.717, 1.165) is 89.9 Å². The molecular weight excluding hydrogens is 677 g/mol. The zero-order valence-corrected chi connectivity index (χ0v) is 34.4. The molecule has 0 aromatic heterocycles. The number of hydrogen-bond donors (Lipinski definition) is 1. The molecule has 0 heterocycles. The van der Waals surface area contributed by atoms with Gasteiger partial charge in [0.15, 0.2) is 6.10 Å². The lowest BCUT2D eigenvalue weighted by Gasteiger charge is -2.24. The molecule has 0 aliphatic heterocycles. The van der Waals surface area contributed by atoms with Gasteiger partial charge in [0.05, 0.1) is 27.7 Å². The highest BCUT2D eigenvalue weighted by Crippen LogP contribution is 2.43. The number of unbranched alkanes of at least 4 members (excludes halogenated alkanes) is 11. The second-order valence-electron chi connectivity index (χ2n) is 14.3. The largest absolute Gasteiger partial charge is 0.472 e. The second kappa shape index (κ2) is 34.5. The molecule has 0 spiro atoms. The average Bonchev–Trinajstić information content (AvgIpc) is 3.09. The number of esters is 2. The average molecular weight is 753 g/mol. The van der Waals surface area contributed by atoms with E-state index >= 15 is 0 Å². The van der Waals surface area contributed by atoms with Crippen molar-refractivity contribution in [2.75, 3.05) is 47.5 Å². The van der Waals surface area contributed by atoms with Gasteiger partial charge in [0.2, 0.25) is 0 Å². The Kier molecular flexibility index (Phi) is 33.0. The van der Waals surface area contributed by atoms with E-state index in [1.54, 1.807) is 0 Å². The summed E-state index contributed by atoms with van der Waals surface area (Å²) in [6.07, 6.45) is 40.3. The van der Waals surface area contributed by atoms with Gasteiger partial charge in [0, 0.05) is 12.8 Å². The van der Waals surface area contributed by atoms with Crippen molar-refractivity contribution in [2.24, 2.45) is 0 Å². The van der Waals surface area contributed by atoms with Crippen LogP contribution in [0.3, 0.4) is 0 Å². The molecule has 0 fully saturated rings. The van der Waals surface area contributed by atoms with E-state index in [0.29, 0.717) is 17.4 Å². The molecule has 0 aliphatic carbocycles. The van der Waals surface area contributed by atoms with Crippen LogP contribution < -0.4 is 0 Å². The normalized spacial score (nSPS) is 14.3. The van der Waals surface area contributed by atoms with Crippen LogP contribution in [0.5, 0.6) is 0 Å². The molecule has 1 N–H and O–H groups in total. The summed E-state index contributed by atoms with van der Waals surface area (Å²) in [6.45, 7) is 4.17. The van der Waals surface area contributed by atoms with E-state index in [1.807, 2.05) is 21.1 Å². The number of carbonyl (C=O) groups excluding carboxylic acids is 2. The van der Waals surface area contributed by atoms with E-state index in [1.165, 1.54) is 19.3 Å². The first-order valence-corrected chi connectivity index (χ1v) is 21.5. The smallest absolute Gasteiger partial charge is 0.462 e. The molecule has 0 aromatic rings. The van der Waals surface area contributed by atoms with Crippen molar-refractivity contribution in [1.29, 1.82) is 0 Å². The van der Waals surface area contributed by atoms with E-state index in [2.05, 4.69) is 74.6 Å². The van der Waals surface area contributed by atoms with Gasteiger partial charge in [-0.05, 0) is 57.8 Å². The molecule has 0 amide bonds. The Morgan fingerprint density at radius 3 is 1.63 bits per heavy atom. The van der Waals surface area contributed by atoms with Crippen molar-refractivity contribution in [2.45, 2.75) is 148 Å². The quantitative estimate of drug-likeness (QED) is 0.0224. The molecule has 0 rings (SSSR count). The summed E-state index contributed by atoms with van der Waals surface area (Å²) in [5.41, 5.74) is 0. The summed E-state index contributed by atoms with van der Waals surface area (Å²) in [5.74, 6) is -0.832. The maximum absolute atomic E-state index is 12.6. The summed E-state index contributed by atoms with van der Waals surface area (Å²) in [7, 11) is 1.46. The van der Waals surface area contributed by atoms with E-state index < -0.39 is 26.5 Å². The molecule has 0 aliphatic rings. The predicted octanol–water partition coefficient (Wildman–Crippen LogP) is 10.9. The maximum atomic E-state index is 12.6. The summed E-state index contributed by atoms with van der Waals surface area (Å²) in [6, 6.07) is 0. The second-order valence-corrected chi connectivity index (χ2v) is 15.7. The minimum Gasteiger partial charge on any atom is -0.462 e. The number of nitrogens with zero attached hydrogens (tertiary/aromatic N) is 1. The van der Waals surface area contributed by atoms with Crippen molar-refractivity contribution < 1.29 is 42.1 Å². The van der Waals surface area contributed by atoms with Crippen LogP contribution in [0, 0.1) is 0 Å². The molecule has 0 radical (unpaired) electrons. The molecule has 0 saturated heterocycles. The van der Waals surface area contributed by atoms with Crippen LogP contribution in [0.15, 0.2) is 60.8 Å². The van der Waals surface area contributed by atoms with Crippen molar-refractivity contribution in [1.82, 2.24) is 0 Å². The topological polar surface area (TPSA) is 108 Å². The van der Waals surface area contributed by atoms with Crippen LogP contribution in [0.1, 0.15) is 142 Å². The van der Waals surface area contributed by atoms with Crippen molar-refractivity contribution >= 4 is 19.8 Å². The lowest BCUT2D eigenvalue weighted by Crippen LogP contribution is -2.37. The number of phosphoric ester groups is 1. The van der Waals surface area contributed by atoms with Gasteiger partial charge in [0.25, 0.3) is 0 Å². The zero-order valence-electron chi connectivity index (χ0n) is 33.5. The lowest BCUT2D eigenvalue weighted by atomic mass is 10.1. The summed E-state index contributed by atoms with van der Waals surface area (Å²) >= 11 is 0. The summed E-state index contributed by atoms with van der Waals surface area (Å²) in [5, 5.41) is 0. The van der Waals surface area contributed by atoms with E-state index in [4.69, 9.17) is 18.5 Å². The first-order valence-electron chi connectivity index (χ1n) is 20.0. The fourth-order valence-electron chi connectivity index (χ4n) is 4.92. The van der Waals surface area contributed by atoms with Crippen LogP contribution in [0.2, 0.25) is 0 Å². The number of quaternary nitrogens is 1.